The van der Waals surface area contributed by atoms with Crippen LogP contribution in [0.2, 0.25) is 5.02 Å². The smallest absolute Gasteiger partial charge is 0.316 e. The quantitative estimate of drug-likeness (QED) is 0.296. The van der Waals surface area contributed by atoms with Crippen LogP contribution < -0.4 is 0 Å². The normalized spacial score (nSPS) is 18.5. The third kappa shape index (κ3) is 3.79. The average Bonchev–Trinajstić information content (AvgIpc) is 2.34. The number of carbonyl (C=O) groups is 1. The zero-order chi connectivity index (χ0) is 16.5. The minimum atomic E-state index is -0.607. The highest BCUT2D eigenvalue weighted by molar-refractivity contribution is 14.1. The van der Waals surface area contributed by atoms with Crippen molar-refractivity contribution in [2.75, 3.05) is 7.11 Å². The lowest BCUT2D eigenvalue weighted by Gasteiger charge is -2.45. The van der Waals surface area contributed by atoms with Crippen LogP contribution in [0.4, 0.5) is 0 Å². The summed E-state index contributed by atoms with van der Waals surface area (Å²) in [5.74, 6) is -0.184. The Morgan fingerprint density at radius 2 is 2.09 bits per heavy atom. The molecule has 1 atom stereocenters. The molecular formula is C16H19BrClIO3. The van der Waals surface area contributed by atoms with E-state index in [-0.39, 0.29) is 12.1 Å². The second kappa shape index (κ2) is 6.95. The number of benzene rings is 1. The molecule has 1 unspecified atom stereocenters. The predicted molar refractivity (Wildman–Crippen MR) is 99.4 cm³/mol. The molecule has 1 saturated carbocycles. The van der Waals surface area contributed by atoms with Gasteiger partial charge in [-0.15, -0.1) is 0 Å². The van der Waals surface area contributed by atoms with Gasteiger partial charge in [0.2, 0.25) is 0 Å². The van der Waals surface area contributed by atoms with Crippen LogP contribution in [0.15, 0.2) is 22.7 Å². The van der Waals surface area contributed by atoms with Crippen molar-refractivity contribution in [2.45, 2.75) is 42.8 Å². The van der Waals surface area contributed by atoms with Gasteiger partial charge >= 0.3 is 5.97 Å². The summed E-state index contributed by atoms with van der Waals surface area (Å²) in [6.45, 7) is 3.75. The van der Waals surface area contributed by atoms with Crippen LogP contribution in [-0.2, 0) is 14.3 Å². The zero-order valence-corrected chi connectivity index (χ0v) is 17.3. The second-order valence-corrected chi connectivity index (χ2v) is 9.91. The number of hydrogen-bond donors (Lipinski definition) is 0. The highest BCUT2D eigenvalue weighted by Crippen LogP contribution is 2.53. The Labute approximate surface area is 158 Å². The number of halogens is 3. The summed E-state index contributed by atoms with van der Waals surface area (Å²) in [6.07, 6.45) is 2.22. The first kappa shape index (κ1) is 18.5. The molecule has 122 valence electrons. The van der Waals surface area contributed by atoms with E-state index < -0.39 is 9.02 Å². The highest BCUT2D eigenvalue weighted by atomic mass is 127. The fourth-order valence-corrected chi connectivity index (χ4v) is 3.52. The van der Waals surface area contributed by atoms with Crippen LogP contribution >= 0.6 is 50.1 Å². The highest BCUT2D eigenvalue weighted by Gasteiger charge is 2.53. The van der Waals surface area contributed by atoms with Crippen molar-refractivity contribution in [3.05, 3.63) is 33.3 Å². The van der Waals surface area contributed by atoms with Gasteiger partial charge in [-0.05, 0) is 82.9 Å². The molecule has 0 heterocycles. The molecule has 6 heteroatoms. The molecule has 0 N–H and O–H groups in total. The van der Waals surface area contributed by atoms with Crippen molar-refractivity contribution in [3.8, 4) is 0 Å². The number of rotatable bonds is 5. The lowest BCUT2D eigenvalue weighted by molar-refractivity contribution is -0.181. The van der Waals surface area contributed by atoms with E-state index in [0.717, 1.165) is 29.3 Å². The first-order valence-electron chi connectivity index (χ1n) is 7.10. The van der Waals surface area contributed by atoms with E-state index in [2.05, 4.69) is 38.5 Å². The van der Waals surface area contributed by atoms with Crippen molar-refractivity contribution in [2.24, 2.45) is 5.41 Å². The standard InChI is InChI=1S/C16H19BrClIO3/c1-15(2,19)22-14(20)16(7-4-8-16)13(21-3)10-5-6-12(18)11(17)9-10/h5-6,9,13H,4,7-8H2,1-3H3. The van der Waals surface area contributed by atoms with Crippen molar-refractivity contribution in [3.63, 3.8) is 0 Å². The van der Waals surface area contributed by atoms with Crippen molar-refractivity contribution < 1.29 is 14.3 Å². The fraction of sp³-hybridized carbons (Fsp3) is 0.562. The van der Waals surface area contributed by atoms with Crippen LogP contribution in [0.3, 0.4) is 0 Å². The summed E-state index contributed by atoms with van der Waals surface area (Å²) in [5.41, 5.74) is 0.325. The van der Waals surface area contributed by atoms with E-state index in [9.17, 15) is 4.79 Å². The summed E-state index contributed by atoms with van der Waals surface area (Å²) >= 11 is 11.6. The molecule has 0 amide bonds. The van der Waals surface area contributed by atoms with E-state index in [1.165, 1.54) is 0 Å². The van der Waals surface area contributed by atoms with Crippen molar-refractivity contribution >= 4 is 56.1 Å². The Bertz CT molecular complexity index is 567. The van der Waals surface area contributed by atoms with Gasteiger partial charge in [-0.2, -0.15) is 0 Å². The van der Waals surface area contributed by atoms with Crippen molar-refractivity contribution in [1.29, 1.82) is 0 Å². The number of ether oxygens (including phenoxy) is 2. The summed E-state index contributed by atoms with van der Waals surface area (Å²) < 4.78 is 11.6. The molecule has 1 fully saturated rings. The van der Waals surface area contributed by atoms with Crippen LogP contribution in [0, 0.1) is 5.41 Å². The molecule has 0 bridgehead atoms. The van der Waals surface area contributed by atoms with Gasteiger partial charge in [0, 0.05) is 11.6 Å². The molecule has 3 nitrogen and oxygen atoms in total. The van der Waals surface area contributed by atoms with Crippen molar-refractivity contribution in [1.82, 2.24) is 0 Å². The van der Waals surface area contributed by atoms with Crippen LogP contribution in [0.25, 0.3) is 0 Å². The summed E-state index contributed by atoms with van der Waals surface area (Å²) in [5, 5.41) is 0.636. The maximum absolute atomic E-state index is 12.7. The van der Waals surface area contributed by atoms with E-state index >= 15 is 0 Å². The Morgan fingerprint density at radius 3 is 2.50 bits per heavy atom. The lowest BCUT2D eigenvalue weighted by atomic mass is 9.63. The van der Waals surface area contributed by atoms with E-state index in [1.54, 1.807) is 7.11 Å². The third-order valence-corrected chi connectivity index (χ3v) is 5.41. The molecule has 0 saturated heterocycles. The Hall–Kier alpha value is 0.150. The Kier molecular flexibility index (Phi) is 5.84. The van der Waals surface area contributed by atoms with Crippen LogP contribution in [-0.4, -0.2) is 16.7 Å². The molecule has 22 heavy (non-hydrogen) atoms. The number of alkyl halides is 1. The SMILES string of the molecule is COC(c1ccc(Cl)c(Br)c1)C1(C(=O)OC(C)(C)I)CCC1. The van der Waals surface area contributed by atoms with E-state index in [1.807, 2.05) is 32.0 Å². The molecule has 1 aromatic rings. The van der Waals surface area contributed by atoms with E-state index in [4.69, 9.17) is 21.1 Å². The van der Waals surface area contributed by atoms with Crippen LogP contribution in [0.1, 0.15) is 44.8 Å². The molecule has 1 aromatic carbocycles. The number of esters is 1. The zero-order valence-electron chi connectivity index (χ0n) is 12.8. The van der Waals surface area contributed by atoms with Gasteiger partial charge in [-0.3, -0.25) is 4.79 Å². The lowest BCUT2D eigenvalue weighted by Crippen LogP contribution is -2.47. The molecule has 1 aliphatic rings. The van der Waals surface area contributed by atoms with Gasteiger partial charge in [-0.1, -0.05) is 24.1 Å². The van der Waals surface area contributed by atoms with Gasteiger partial charge in [0.1, 0.15) is 0 Å². The van der Waals surface area contributed by atoms with Crippen LogP contribution in [0.5, 0.6) is 0 Å². The molecule has 1 aliphatic carbocycles. The second-order valence-electron chi connectivity index (χ2n) is 6.05. The Balaban J connectivity index is 2.34. The molecule has 0 radical (unpaired) electrons. The first-order valence-corrected chi connectivity index (χ1v) is 9.35. The topological polar surface area (TPSA) is 35.5 Å². The molecular weight excluding hydrogens is 482 g/mol. The first-order chi connectivity index (χ1) is 10.2. The minimum absolute atomic E-state index is 0.184. The van der Waals surface area contributed by atoms with Gasteiger partial charge in [0.25, 0.3) is 0 Å². The summed E-state index contributed by atoms with van der Waals surface area (Å²) in [4.78, 5) is 12.7. The molecule has 0 aromatic heterocycles. The number of methoxy groups -OCH3 is 1. The molecule has 0 spiro atoms. The number of hydrogen-bond acceptors (Lipinski definition) is 3. The minimum Gasteiger partial charge on any atom is -0.448 e. The predicted octanol–water partition coefficient (Wildman–Crippen LogP) is 5.67. The maximum atomic E-state index is 12.7. The third-order valence-electron chi connectivity index (χ3n) is 3.97. The fourth-order valence-electron chi connectivity index (χ4n) is 2.81. The largest absolute Gasteiger partial charge is 0.448 e. The summed E-state index contributed by atoms with van der Waals surface area (Å²) in [6, 6.07) is 5.63. The monoisotopic (exact) mass is 500 g/mol. The van der Waals surface area contributed by atoms with E-state index in [0.29, 0.717) is 5.02 Å². The summed E-state index contributed by atoms with van der Waals surface area (Å²) in [7, 11) is 1.63. The van der Waals surface area contributed by atoms with Gasteiger partial charge in [0.05, 0.1) is 16.5 Å². The average molecular weight is 502 g/mol. The van der Waals surface area contributed by atoms with Gasteiger partial charge < -0.3 is 9.47 Å². The number of carbonyl (C=O) groups excluding carboxylic acids is 1. The molecule has 2 rings (SSSR count). The van der Waals surface area contributed by atoms with Gasteiger partial charge in [-0.25, -0.2) is 0 Å². The maximum Gasteiger partial charge on any atom is 0.316 e. The molecule has 0 aliphatic heterocycles. The Morgan fingerprint density at radius 1 is 1.45 bits per heavy atom. The van der Waals surface area contributed by atoms with Gasteiger partial charge in [0.15, 0.2) is 3.61 Å².